The first-order chi connectivity index (χ1) is 10.7. The van der Waals surface area contributed by atoms with Crippen LogP contribution in [-0.2, 0) is 16.1 Å². The predicted octanol–water partition coefficient (Wildman–Crippen LogP) is 2.80. The highest BCUT2D eigenvalue weighted by Crippen LogP contribution is 2.40. The molecule has 0 radical (unpaired) electrons. The van der Waals surface area contributed by atoms with Gasteiger partial charge < -0.3 is 14.4 Å². The Kier molecular flexibility index (Phi) is 5.11. The van der Waals surface area contributed by atoms with E-state index >= 15 is 0 Å². The normalized spacial score (nSPS) is 29.3. The molecule has 4 heteroatoms. The van der Waals surface area contributed by atoms with Crippen LogP contribution >= 0.6 is 0 Å². The van der Waals surface area contributed by atoms with Gasteiger partial charge in [0.05, 0.1) is 25.0 Å². The van der Waals surface area contributed by atoms with Crippen molar-refractivity contribution in [1.82, 2.24) is 9.88 Å². The molecule has 4 nitrogen and oxygen atoms in total. The largest absolute Gasteiger partial charge is 0.377 e. The van der Waals surface area contributed by atoms with Gasteiger partial charge in [-0.15, -0.1) is 0 Å². The standard InChI is InChI=1S/C18H28N2O2/c1-3-20-10-8-17-18(13-20,9-5-11-22-17)14-21-12-16-7-4-6-15(2)19-16/h4,6-7,17H,3,5,8-14H2,1-2H3/t17-,18+/m0/s1. The van der Waals surface area contributed by atoms with Gasteiger partial charge in [-0.1, -0.05) is 13.0 Å². The van der Waals surface area contributed by atoms with Gasteiger partial charge >= 0.3 is 0 Å². The maximum Gasteiger partial charge on any atom is 0.0888 e. The minimum Gasteiger partial charge on any atom is -0.377 e. The lowest BCUT2D eigenvalue weighted by atomic mass is 9.73. The van der Waals surface area contributed by atoms with Crippen molar-refractivity contribution in [1.29, 1.82) is 0 Å². The van der Waals surface area contributed by atoms with Crippen LogP contribution in [0.2, 0.25) is 0 Å². The molecule has 0 N–H and O–H groups in total. The monoisotopic (exact) mass is 304 g/mol. The fourth-order valence-electron chi connectivity index (χ4n) is 3.90. The number of aryl methyl sites for hydroxylation is 1. The third-order valence-corrected chi connectivity index (χ3v) is 5.10. The zero-order chi connectivity index (χ0) is 15.4. The van der Waals surface area contributed by atoms with Crippen molar-refractivity contribution >= 4 is 0 Å². The van der Waals surface area contributed by atoms with E-state index in [9.17, 15) is 0 Å². The number of rotatable bonds is 5. The van der Waals surface area contributed by atoms with Crippen LogP contribution in [0.5, 0.6) is 0 Å². The van der Waals surface area contributed by atoms with Gasteiger partial charge in [0.15, 0.2) is 0 Å². The van der Waals surface area contributed by atoms with E-state index in [1.807, 2.05) is 25.1 Å². The molecule has 3 rings (SSSR count). The first-order valence-corrected chi connectivity index (χ1v) is 8.56. The molecule has 2 aliphatic heterocycles. The molecule has 0 aliphatic carbocycles. The molecule has 0 aromatic carbocycles. The molecule has 3 heterocycles. The molecule has 0 saturated carbocycles. The van der Waals surface area contributed by atoms with Gasteiger partial charge in [-0.25, -0.2) is 0 Å². The molecule has 2 saturated heterocycles. The highest BCUT2D eigenvalue weighted by molar-refractivity contribution is 5.09. The number of fused-ring (bicyclic) bond motifs is 1. The molecular weight excluding hydrogens is 276 g/mol. The number of ether oxygens (including phenoxy) is 2. The van der Waals surface area contributed by atoms with E-state index in [1.54, 1.807) is 0 Å². The summed E-state index contributed by atoms with van der Waals surface area (Å²) in [6.45, 7) is 9.94. The summed E-state index contributed by atoms with van der Waals surface area (Å²) in [5.74, 6) is 0. The summed E-state index contributed by atoms with van der Waals surface area (Å²) in [6, 6.07) is 6.11. The molecule has 0 spiro atoms. The van der Waals surface area contributed by atoms with Crippen molar-refractivity contribution in [3.8, 4) is 0 Å². The summed E-state index contributed by atoms with van der Waals surface area (Å²) in [4.78, 5) is 7.06. The Morgan fingerprint density at radius 2 is 2.36 bits per heavy atom. The summed E-state index contributed by atoms with van der Waals surface area (Å²) in [5.41, 5.74) is 2.25. The Bertz CT molecular complexity index is 494. The second kappa shape index (κ2) is 7.07. The topological polar surface area (TPSA) is 34.6 Å². The number of nitrogens with zero attached hydrogens (tertiary/aromatic N) is 2. The molecule has 22 heavy (non-hydrogen) atoms. The van der Waals surface area contributed by atoms with E-state index in [-0.39, 0.29) is 5.41 Å². The molecule has 0 unspecified atom stereocenters. The Balaban J connectivity index is 1.62. The molecule has 2 atom stereocenters. The van der Waals surface area contributed by atoms with Crippen molar-refractivity contribution in [2.45, 2.75) is 45.8 Å². The SMILES string of the molecule is CCN1CC[C@@H]2OCCC[C@]2(COCc2cccc(C)n2)C1. The smallest absolute Gasteiger partial charge is 0.0888 e. The predicted molar refractivity (Wildman–Crippen MR) is 86.8 cm³/mol. The summed E-state index contributed by atoms with van der Waals surface area (Å²) in [5, 5.41) is 0. The number of aromatic nitrogens is 1. The lowest BCUT2D eigenvalue weighted by molar-refractivity contribution is -0.154. The van der Waals surface area contributed by atoms with Crippen LogP contribution in [0.25, 0.3) is 0 Å². The van der Waals surface area contributed by atoms with E-state index in [2.05, 4.69) is 16.8 Å². The van der Waals surface area contributed by atoms with Gasteiger partial charge in [0, 0.05) is 30.8 Å². The lowest BCUT2D eigenvalue weighted by Crippen LogP contribution is -2.56. The fraction of sp³-hybridized carbons (Fsp3) is 0.722. The van der Waals surface area contributed by atoms with Crippen molar-refractivity contribution in [3.63, 3.8) is 0 Å². The van der Waals surface area contributed by atoms with Crippen LogP contribution in [0.1, 0.15) is 37.6 Å². The quantitative estimate of drug-likeness (QED) is 0.838. The highest BCUT2D eigenvalue weighted by atomic mass is 16.5. The summed E-state index contributed by atoms with van der Waals surface area (Å²) in [7, 11) is 0. The minimum atomic E-state index is 0.177. The Morgan fingerprint density at radius 1 is 1.45 bits per heavy atom. The van der Waals surface area contributed by atoms with Crippen molar-refractivity contribution in [3.05, 3.63) is 29.6 Å². The molecular formula is C18H28N2O2. The third-order valence-electron chi connectivity index (χ3n) is 5.10. The zero-order valence-electron chi connectivity index (χ0n) is 13.9. The van der Waals surface area contributed by atoms with E-state index in [1.165, 1.54) is 6.42 Å². The van der Waals surface area contributed by atoms with Crippen molar-refractivity contribution in [2.75, 3.05) is 32.8 Å². The van der Waals surface area contributed by atoms with Crippen molar-refractivity contribution in [2.24, 2.45) is 5.41 Å². The van der Waals surface area contributed by atoms with Crippen LogP contribution in [0.3, 0.4) is 0 Å². The Morgan fingerprint density at radius 3 is 3.18 bits per heavy atom. The summed E-state index contributed by atoms with van der Waals surface area (Å²) < 4.78 is 12.2. The number of likely N-dealkylation sites (tertiary alicyclic amines) is 1. The van der Waals surface area contributed by atoms with Crippen molar-refractivity contribution < 1.29 is 9.47 Å². The number of piperidine rings is 1. The van der Waals surface area contributed by atoms with E-state index in [0.717, 1.165) is 57.1 Å². The molecule has 2 fully saturated rings. The van der Waals surface area contributed by atoms with Crippen LogP contribution in [0.4, 0.5) is 0 Å². The zero-order valence-corrected chi connectivity index (χ0v) is 13.9. The first kappa shape index (κ1) is 15.9. The molecule has 2 aliphatic rings. The van der Waals surface area contributed by atoms with Gasteiger partial charge in [-0.2, -0.15) is 0 Å². The van der Waals surface area contributed by atoms with Crippen LogP contribution in [0, 0.1) is 12.3 Å². The van der Waals surface area contributed by atoms with Crippen LogP contribution < -0.4 is 0 Å². The molecule has 0 amide bonds. The molecule has 122 valence electrons. The van der Waals surface area contributed by atoms with E-state index in [4.69, 9.17) is 9.47 Å². The Hall–Kier alpha value is -0.970. The highest BCUT2D eigenvalue weighted by Gasteiger charge is 2.45. The second-order valence-electron chi connectivity index (χ2n) is 6.75. The van der Waals surface area contributed by atoms with E-state index < -0.39 is 0 Å². The maximum atomic E-state index is 6.10. The van der Waals surface area contributed by atoms with Crippen LogP contribution in [-0.4, -0.2) is 48.8 Å². The van der Waals surface area contributed by atoms with Gasteiger partial charge in [0.1, 0.15) is 0 Å². The summed E-state index contributed by atoms with van der Waals surface area (Å²) in [6.07, 6.45) is 3.88. The molecule has 0 bridgehead atoms. The van der Waals surface area contributed by atoms with Gasteiger partial charge in [0.25, 0.3) is 0 Å². The first-order valence-electron chi connectivity index (χ1n) is 8.56. The fourth-order valence-corrected chi connectivity index (χ4v) is 3.90. The summed E-state index contributed by atoms with van der Waals surface area (Å²) >= 11 is 0. The second-order valence-corrected chi connectivity index (χ2v) is 6.75. The molecule has 1 aromatic heterocycles. The van der Waals surface area contributed by atoms with Crippen LogP contribution in [0.15, 0.2) is 18.2 Å². The Labute approximate surface area is 133 Å². The van der Waals surface area contributed by atoms with Gasteiger partial charge in [-0.3, -0.25) is 4.98 Å². The number of hydrogen-bond acceptors (Lipinski definition) is 4. The molecule has 1 aromatic rings. The van der Waals surface area contributed by atoms with E-state index in [0.29, 0.717) is 12.7 Å². The average Bonchev–Trinajstić information content (AvgIpc) is 2.54. The van der Waals surface area contributed by atoms with Gasteiger partial charge in [0.2, 0.25) is 0 Å². The third kappa shape index (κ3) is 3.50. The maximum absolute atomic E-state index is 6.10. The minimum absolute atomic E-state index is 0.177. The number of pyridine rings is 1. The lowest BCUT2D eigenvalue weighted by Gasteiger charge is -2.50. The number of hydrogen-bond donors (Lipinski definition) is 0. The average molecular weight is 304 g/mol. The van der Waals surface area contributed by atoms with Gasteiger partial charge in [-0.05, 0) is 44.9 Å².